The number of thiophene rings is 1. The van der Waals surface area contributed by atoms with E-state index in [1.165, 1.54) is 19.2 Å². The molecule has 2 atom stereocenters. The molecular formula is C31H30ClF2N7O4S. The van der Waals surface area contributed by atoms with Crippen LogP contribution in [0.25, 0.3) is 32.1 Å². The van der Waals surface area contributed by atoms with Crippen LogP contribution in [0.5, 0.6) is 11.8 Å². The lowest BCUT2D eigenvalue weighted by molar-refractivity contribution is 0.0863. The van der Waals surface area contributed by atoms with Gasteiger partial charge in [-0.25, -0.2) is 13.6 Å². The smallest absolute Gasteiger partial charge is 0.409 e. The average molecular weight is 670 g/mol. The van der Waals surface area contributed by atoms with Crippen LogP contribution in [0.3, 0.4) is 0 Å². The summed E-state index contributed by atoms with van der Waals surface area (Å²) in [6, 6.07) is 4.54. The SMILES string of the molecule is COC(=O)N1CC(N2CCOc3c(Cl)c(-c4ccc(F)c5sc(N)c(C#N)c45)c(F)c4nc(O[C@@H](C)[C@@H]5CCCN5C)nc2c34)C1. The minimum absolute atomic E-state index is 0.0220. The number of fused-ring (bicyclic) bond motifs is 1. The Bertz CT molecular complexity index is 1950. The van der Waals surface area contributed by atoms with Crippen molar-refractivity contribution < 1.29 is 27.8 Å². The summed E-state index contributed by atoms with van der Waals surface area (Å²) in [7, 11) is 3.36. The number of hydrogen-bond acceptors (Lipinski definition) is 11. The van der Waals surface area contributed by atoms with Gasteiger partial charge in [0.05, 0.1) is 40.4 Å². The zero-order valence-electron chi connectivity index (χ0n) is 25.3. The quantitative estimate of drug-likeness (QED) is 0.295. The van der Waals surface area contributed by atoms with Crippen LogP contribution in [-0.2, 0) is 4.74 Å². The summed E-state index contributed by atoms with van der Waals surface area (Å²) in [5.41, 5.74) is 6.09. The van der Waals surface area contributed by atoms with Crippen molar-refractivity contribution in [2.24, 2.45) is 0 Å². The first-order chi connectivity index (χ1) is 22.1. The number of aromatic nitrogens is 2. The number of amides is 1. The number of anilines is 2. The van der Waals surface area contributed by atoms with Crippen molar-refractivity contribution in [3.05, 3.63) is 34.4 Å². The molecule has 11 nitrogen and oxygen atoms in total. The zero-order chi connectivity index (χ0) is 32.4. The summed E-state index contributed by atoms with van der Waals surface area (Å²) in [6.45, 7) is 4.13. The van der Waals surface area contributed by atoms with Crippen LogP contribution in [0.1, 0.15) is 25.3 Å². The second kappa shape index (κ2) is 11.6. The number of methoxy groups -OCH3 is 1. The van der Waals surface area contributed by atoms with Gasteiger partial charge in [-0.05, 0) is 45.0 Å². The van der Waals surface area contributed by atoms with Gasteiger partial charge in [0.1, 0.15) is 40.9 Å². The first-order valence-corrected chi connectivity index (χ1v) is 16.0. The molecule has 7 rings (SSSR count). The minimum atomic E-state index is -0.806. The maximum absolute atomic E-state index is 17.1. The lowest BCUT2D eigenvalue weighted by Gasteiger charge is -2.44. The molecule has 240 valence electrons. The number of hydrogen-bond donors (Lipinski definition) is 1. The Balaban J connectivity index is 1.44. The molecule has 0 spiro atoms. The van der Waals surface area contributed by atoms with E-state index in [0.717, 1.165) is 30.7 Å². The normalized spacial score (nSPS) is 19.1. The highest BCUT2D eigenvalue weighted by atomic mass is 35.5. The second-order valence-corrected chi connectivity index (χ2v) is 13.2. The third-order valence-corrected chi connectivity index (χ3v) is 10.5. The van der Waals surface area contributed by atoms with E-state index in [9.17, 15) is 14.4 Å². The highest BCUT2D eigenvalue weighted by molar-refractivity contribution is 7.23. The van der Waals surface area contributed by atoms with Crippen molar-refractivity contribution >= 4 is 60.8 Å². The van der Waals surface area contributed by atoms with Gasteiger partial charge >= 0.3 is 12.1 Å². The average Bonchev–Trinajstić information content (AvgIpc) is 3.54. The number of ether oxygens (including phenoxy) is 3. The molecular weight excluding hydrogens is 640 g/mol. The number of likely N-dealkylation sites (N-methyl/N-ethyl adjacent to an activating group) is 1. The van der Waals surface area contributed by atoms with Gasteiger partial charge in [0.25, 0.3) is 0 Å². The van der Waals surface area contributed by atoms with Crippen molar-refractivity contribution in [2.45, 2.75) is 38.0 Å². The molecule has 2 aromatic heterocycles. The number of rotatable bonds is 5. The second-order valence-electron chi connectivity index (χ2n) is 11.7. The Morgan fingerprint density at radius 1 is 1.26 bits per heavy atom. The molecule has 0 unspecified atom stereocenters. The third kappa shape index (κ3) is 4.71. The van der Waals surface area contributed by atoms with Gasteiger partial charge in [0, 0.05) is 30.1 Å². The lowest BCUT2D eigenvalue weighted by Crippen LogP contribution is -2.62. The molecule has 15 heteroatoms. The number of nitrogen functional groups attached to an aromatic ring is 1. The van der Waals surface area contributed by atoms with Crippen LogP contribution in [-0.4, -0.2) is 91.0 Å². The highest BCUT2D eigenvalue weighted by Gasteiger charge is 2.40. The van der Waals surface area contributed by atoms with E-state index < -0.39 is 17.7 Å². The molecule has 0 aliphatic carbocycles. The largest absolute Gasteiger partial charge is 0.489 e. The Kier molecular flexibility index (Phi) is 7.65. The molecule has 0 bridgehead atoms. The molecule has 4 aromatic rings. The predicted octanol–water partition coefficient (Wildman–Crippen LogP) is 5.41. The number of nitriles is 1. The Labute approximate surface area is 272 Å². The van der Waals surface area contributed by atoms with Crippen molar-refractivity contribution in [3.63, 3.8) is 0 Å². The molecule has 46 heavy (non-hydrogen) atoms. The highest BCUT2D eigenvalue weighted by Crippen LogP contribution is 2.51. The van der Waals surface area contributed by atoms with Gasteiger partial charge < -0.3 is 29.7 Å². The first kappa shape index (κ1) is 30.5. The minimum Gasteiger partial charge on any atom is -0.489 e. The van der Waals surface area contributed by atoms with E-state index >= 15 is 4.39 Å². The van der Waals surface area contributed by atoms with Gasteiger partial charge in [-0.2, -0.15) is 15.2 Å². The van der Waals surface area contributed by atoms with Gasteiger partial charge in [-0.1, -0.05) is 17.7 Å². The van der Waals surface area contributed by atoms with Gasteiger partial charge in [-0.15, -0.1) is 11.3 Å². The maximum atomic E-state index is 17.1. The van der Waals surface area contributed by atoms with E-state index in [-0.39, 0.29) is 84.3 Å². The van der Waals surface area contributed by atoms with Gasteiger partial charge in [0.15, 0.2) is 11.6 Å². The molecule has 1 amide bonds. The monoisotopic (exact) mass is 669 g/mol. The fourth-order valence-electron chi connectivity index (χ4n) is 6.79. The number of nitrogens with two attached hydrogens (primary N) is 1. The summed E-state index contributed by atoms with van der Waals surface area (Å²) >= 11 is 7.89. The van der Waals surface area contributed by atoms with Crippen LogP contribution in [0.4, 0.5) is 24.4 Å². The standard InChI is InChI=1S/C31H30ClF2N7O4S/c1-14(19-5-4-8-39(19)2)45-30-37-25-22-26(44-10-9-41(29(22)38-30)15-12-40(13-15)31(42)43-3)23(32)21(24(25)34)16-6-7-18(33)27-20(16)17(11-35)28(36)46-27/h6-7,14-15,19H,4-5,8-10,12-13,36H2,1-3H3/t14-,19-/m0/s1. The van der Waals surface area contributed by atoms with Crippen LogP contribution in [0.15, 0.2) is 12.1 Å². The molecule has 2 aromatic carbocycles. The van der Waals surface area contributed by atoms with Crippen molar-refractivity contribution in [1.82, 2.24) is 19.8 Å². The summed E-state index contributed by atoms with van der Waals surface area (Å²) in [4.78, 5) is 27.2. The van der Waals surface area contributed by atoms with E-state index in [1.807, 2.05) is 24.9 Å². The summed E-state index contributed by atoms with van der Waals surface area (Å²) in [6.07, 6.45) is 1.23. The number of likely N-dealkylation sites (tertiary alicyclic amines) is 2. The number of benzene rings is 2. The molecule has 2 N–H and O–H groups in total. The van der Waals surface area contributed by atoms with Crippen molar-refractivity contribution in [3.8, 4) is 29.0 Å². The molecule has 3 aliphatic rings. The Morgan fingerprint density at radius 2 is 2.04 bits per heavy atom. The Morgan fingerprint density at radius 3 is 2.74 bits per heavy atom. The third-order valence-electron chi connectivity index (χ3n) is 9.14. The summed E-state index contributed by atoms with van der Waals surface area (Å²) in [5, 5.41) is 10.3. The van der Waals surface area contributed by atoms with E-state index in [0.29, 0.717) is 25.5 Å². The number of nitrogens with zero attached hydrogens (tertiary/aromatic N) is 6. The first-order valence-electron chi connectivity index (χ1n) is 14.9. The molecule has 0 radical (unpaired) electrons. The Hall–Kier alpha value is -4.19. The van der Waals surface area contributed by atoms with Crippen LogP contribution in [0, 0.1) is 23.0 Å². The van der Waals surface area contributed by atoms with E-state index in [2.05, 4.69) is 9.88 Å². The van der Waals surface area contributed by atoms with Gasteiger partial charge in [0.2, 0.25) is 0 Å². The van der Waals surface area contributed by atoms with Gasteiger partial charge in [-0.3, -0.25) is 4.90 Å². The molecule has 0 saturated carbocycles. The van der Waals surface area contributed by atoms with Crippen molar-refractivity contribution in [1.29, 1.82) is 5.26 Å². The molecule has 2 saturated heterocycles. The fraction of sp³-hybridized carbons (Fsp3) is 0.419. The zero-order valence-corrected chi connectivity index (χ0v) is 26.8. The topological polar surface area (TPSA) is 130 Å². The lowest BCUT2D eigenvalue weighted by atomic mass is 9.96. The molecule has 2 fully saturated rings. The molecule has 3 aliphatic heterocycles. The van der Waals surface area contributed by atoms with Crippen LogP contribution < -0.4 is 20.1 Å². The van der Waals surface area contributed by atoms with Crippen molar-refractivity contribution in [2.75, 3.05) is 57.6 Å². The maximum Gasteiger partial charge on any atom is 0.409 e. The van der Waals surface area contributed by atoms with E-state index in [4.69, 9.17) is 36.5 Å². The summed E-state index contributed by atoms with van der Waals surface area (Å²) < 4.78 is 49.5. The van der Waals surface area contributed by atoms with Crippen LogP contribution >= 0.6 is 22.9 Å². The summed E-state index contributed by atoms with van der Waals surface area (Å²) in [5.74, 6) is -0.876. The number of carbonyl (C=O) groups is 1. The van der Waals surface area contributed by atoms with E-state index in [1.54, 1.807) is 4.90 Å². The number of halogens is 3. The van der Waals surface area contributed by atoms with Crippen LogP contribution in [0.2, 0.25) is 5.02 Å². The fourth-order valence-corrected chi connectivity index (χ4v) is 8.07. The molecule has 5 heterocycles. The number of carbonyl (C=O) groups excluding carboxylic acids is 1. The predicted molar refractivity (Wildman–Crippen MR) is 171 cm³/mol.